The second kappa shape index (κ2) is 10.3. The summed E-state index contributed by atoms with van der Waals surface area (Å²) in [6, 6.07) is 3.00. The quantitative estimate of drug-likeness (QED) is 0.524. The molecular formula is C25H26F6N4O3S. The monoisotopic (exact) mass is 576 g/mol. The fourth-order valence-corrected chi connectivity index (χ4v) is 7.53. The highest BCUT2D eigenvalue weighted by Crippen LogP contribution is 2.47. The maximum atomic E-state index is 14.8. The van der Waals surface area contributed by atoms with E-state index in [2.05, 4.69) is 10.3 Å². The lowest BCUT2D eigenvalue weighted by molar-refractivity contribution is -0.182. The number of pyridine rings is 1. The highest BCUT2D eigenvalue weighted by atomic mass is 32.2. The number of nitrogens with zero attached hydrogens (tertiary/aromatic N) is 3. The Morgan fingerprint density at radius 3 is 2.31 bits per heavy atom. The van der Waals surface area contributed by atoms with Crippen LogP contribution in [0.4, 0.5) is 32.0 Å². The number of hydrogen-bond donors (Lipinski definition) is 1. The van der Waals surface area contributed by atoms with Crippen molar-refractivity contribution in [3.05, 3.63) is 53.9 Å². The Morgan fingerprint density at radius 1 is 1.05 bits per heavy atom. The van der Waals surface area contributed by atoms with Crippen LogP contribution in [-0.2, 0) is 21.4 Å². The first kappa shape index (κ1) is 27.7. The number of halogens is 6. The van der Waals surface area contributed by atoms with E-state index in [-0.39, 0.29) is 42.1 Å². The summed E-state index contributed by atoms with van der Waals surface area (Å²) in [5.74, 6) is -3.58. The third kappa shape index (κ3) is 5.45. The molecule has 1 aromatic carbocycles. The lowest BCUT2D eigenvalue weighted by atomic mass is 9.89. The largest absolute Gasteiger partial charge is 0.391 e. The standard InChI is InChI=1S/C25H26F6N4O3S/c26-15-1-5-20(6-2-15)39(37,38)34-13-16(27)9-23(34)24(36)33-11-17-10-22(21(28)12-32-17)35-18-3-4-19(35)8-14(7-18)25(29,30)31/h1-2,5-6,10,12,14,16,18-19,23H,3-4,7-9,11,13H2,(H,33,36)/t14?,16-,18?,19?,23+/m1/s1. The van der Waals surface area contributed by atoms with Crippen LogP contribution in [0.2, 0.25) is 0 Å². The summed E-state index contributed by atoms with van der Waals surface area (Å²) in [5.41, 5.74) is 0.312. The first-order valence-corrected chi connectivity index (χ1v) is 14.0. The third-order valence-corrected chi connectivity index (χ3v) is 9.63. The van der Waals surface area contributed by atoms with Crippen LogP contribution in [-0.4, -0.2) is 60.6 Å². The van der Waals surface area contributed by atoms with Crippen LogP contribution in [0.1, 0.15) is 37.8 Å². The number of anilines is 1. The fraction of sp³-hybridized carbons (Fsp3) is 0.520. The van der Waals surface area contributed by atoms with Gasteiger partial charge in [-0.25, -0.2) is 21.6 Å². The Balaban J connectivity index is 1.29. The predicted molar refractivity (Wildman–Crippen MR) is 128 cm³/mol. The average molecular weight is 577 g/mol. The lowest BCUT2D eigenvalue weighted by Crippen LogP contribution is -2.47. The van der Waals surface area contributed by atoms with Crippen molar-refractivity contribution in [1.82, 2.24) is 14.6 Å². The summed E-state index contributed by atoms with van der Waals surface area (Å²) in [4.78, 5) is 18.3. The lowest BCUT2D eigenvalue weighted by Gasteiger charge is -2.41. The highest BCUT2D eigenvalue weighted by molar-refractivity contribution is 7.89. The molecule has 7 nitrogen and oxygen atoms in total. The van der Waals surface area contributed by atoms with Crippen LogP contribution in [0.3, 0.4) is 0 Å². The molecule has 3 aliphatic heterocycles. The average Bonchev–Trinajstić information content (AvgIpc) is 3.39. The van der Waals surface area contributed by atoms with Crippen molar-refractivity contribution in [3.8, 4) is 0 Å². The molecule has 39 heavy (non-hydrogen) atoms. The minimum Gasteiger partial charge on any atom is -0.363 e. The van der Waals surface area contributed by atoms with E-state index in [0.29, 0.717) is 12.8 Å². The fourth-order valence-electron chi connectivity index (χ4n) is 5.90. The summed E-state index contributed by atoms with van der Waals surface area (Å²) in [5, 5.41) is 2.51. The molecule has 5 rings (SSSR count). The van der Waals surface area contributed by atoms with E-state index in [1.807, 2.05) is 0 Å². The second-order valence-corrected chi connectivity index (χ2v) is 12.1. The van der Waals surface area contributed by atoms with Gasteiger partial charge in [-0.15, -0.1) is 0 Å². The van der Waals surface area contributed by atoms with E-state index < -0.39 is 70.5 Å². The number of rotatable bonds is 6. The number of sulfonamides is 1. The Kier molecular flexibility index (Phi) is 7.29. The first-order chi connectivity index (χ1) is 18.3. The van der Waals surface area contributed by atoms with Crippen LogP contribution >= 0.6 is 0 Å². The normalized spacial score (nSPS) is 27.6. The van der Waals surface area contributed by atoms with Crippen LogP contribution in [0.15, 0.2) is 41.4 Å². The van der Waals surface area contributed by atoms with E-state index >= 15 is 0 Å². The Morgan fingerprint density at radius 2 is 1.69 bits per heavy atom. The van der Waals surface area contributed by atoms with Crippen LogP contribution in [0, 0.1) is 17.6 Å². The van der Waals surface area contributed by atoms with Gasteiger partial charge in [0.05, 0.1) is 34.9 Å². The number of hydrogen-bond acceptors (Lipinski definition) is 5. The molecular weight excluding hydrogens is 550 g/mol. The number of benzene rings is 1. The van der Waals surface area contributed by atoms with E-state index in [9.17, 15) is 39.6 Å². The summed E-state index contributed by atoms with van der Waals surface area (Å²) in [6.07, 6.45) is -4.59. The molecule has 0 spiro atoms. The maximum Gasteiger partial charge on any atom is 0.391 e. The Bertz CT molecular complexity index is 1330. The second-order valence-electron chi connectivity index (χ2n) is 10.2. The first-order valence-electron chi connectivity index (χ1n) is 12.5. The maximum absolute atomic E-state index is 14.8. The number of nitrogens with one attached hydrogen (secondary N) is 1. The van der Waals surface area contributed by atoms with Crippen molar-refractivity contribution < 1.29 is 39.6 Å². The Labute approximate surface area is 221 Å². The molecule has 14 heteroatoms. The van der Waals surface area contributed by atoms with Gasteiger partial charge in [-0.1, -0.05) is 0 Å². The zero-order valence-corrected chi connectivity index (χ0v) is 21.4. The van der Waals surface area contributed by atoms with Crippen LogP contribution in [0.5, 0.6) is 0 Å². The molecule has 4 heterocycles. The predicted octanol–water partition coefficient (Wildman–Crippen LogP) is 4.09. The molecule has 3 saturated heterocycles. The summed E-state index contributed by atoms with van der Waals surface area (Å²) in [7, 11) is -4.30. The van der Waals surface area contributed by atoms with Gasteiger partial charge in [0.2, 0.25) is 15.9 Å². The number of alkyl halides is 4. The number of aromatic nitrogens is 1. The van der Waals surface area contributed by atoms with Crippen LogP contribution in [0.25, 0.3) is 0 Å². The SMILES string of the molecule is O=C(NCc1cc(N2C3CCC2CC(C(F)(F)F)C3)c(F)cn1)[C@@H]1C[C@@H](F)CN1S(=O)(=O)c1ccc(F)cc1. The van der Waals surface area contributed by atoms with Crippen molar-refractivity contribution in [2.24, 2.45) is 5.92 Å². The van der Waals surface area contributed by atoms with Gasteiger partial charge in [0.1, 0.15) is 18.0 Å². The highest BCUT2D eigenvalue weighted by Gasteiger charge is 2.51. The number of carbonyl (C=O) groups excluding carboxylic acids is 1. The molecule has 0 radical (unpaired) electrons. The molecule has 2 unspecified atom stereocenters. The summed E-state index contributed by atoms with van der Waals surface area (Å²) < 4.78 is 109. The molecule has 0 aliphatic carbocycles. The van der Waals surface area contributed by atoms with Crippen molar-refractivity contribution >= 4 is 21.6 Å². The van der Waals surface area contributed by atoms with Crippen molar-refractivity contribution in [2.45, 2.75) is 74.0 Å². The molecule has 1 N–H and O–H groups in total. The topological polar surface area (TPSA) is 82.6 Å². The Hall–Kier alpha value is -2.87. The van der Waals surface area contributed by atoms with Crippen molar-refractivity contribution in [2.75, 3.05) is 11.4 Å². The zero-order valence-electron chi connectivity index (χ0n) is 20.5. The number of amides is 1. The molecule has 2 aromatic rings. The van der Waals surface area contributed by atoms with Crippen LogP contribution < -0.4 is 10.2 Å². The van der Waals surface area contributed by atoms with E-state index in [4.69, 9.17) is 0 Å². The smallest absolute Gasteiger partial charge is 0.363 e. The summed E-state index contributed by atoms with van der Waals surface area (Å²) in [6.45, 7) is -0.786. The van der Waals surface area contributed by atoms with Gasteiger partial charge in [0.15, 0.2) is 5.82 Å². The van der Waals surface area contributed by atoms with Gasteiger partial charge in [-0.05, 0) is 56.0 Å². The minimum atomic E-state index is -4.31. The molecule has 212 valence electrons. The summed E-state index contributed by atoms with van der Waals surface area (Å²) >= 11 is 0. The van der Waals surface area contributed by atoms with E-state index in [1.165, 1.54) is 6.07 Å². The minimum absolute atomic E-state index is 0.104. The third-order valence-electron chi connectivity index (χ3n) is 7.74. The van der Waals surface area contributed by atoms with Gasteiger partial charge in [-0.3, -0.25) is 9.78 Å². The number of fused-ring (bicyclic) bond motifs is 2. The number of carbonyl (C=O) groups is 1. The molecule has 4 atom stereocenters. The van der Waals surface area contributed by atoms with Gasteiger partial charge < -0.3 is 10.2 Å². The van der Waals surface area contributed by atoms with Gasteiger partial charge in [-0.2, -0.15) is 17.5 Å². The molecule has 1 amide bonds. The molecule has 3 aliphatic rings. The number of piperidine rings is 1. The van der Waals surface area contributed by atoms with Crippen molar-refractivity contribution in [1.29, 1.82) is 0 Å². The van der Waals surface area contributed by atoms with E-state index in [1.54, 1.807) is 4.90 Å². The molecule has 0 saturated carbocycles. The van der Waals surface area contributed by atoms with Gasteiger partial charge >= 0.3 is 6.18 Å². The zero-order chi connectivity index (χ0) is 28.1. The van der Waals surface area contributed by atoms with Gasteiger partial charge in [0, 0.05) is 25.0 Å². The van der Waals surface area contributed by atoms with Gasteiger partial charge in [0.25, 0.3) is 0 Å². The molecule has 3 fully saturated rings. The molecule has 2 bridgehead atoms. The molecule has 1 aromatic heterocycles. The van der Waals surface area contributed by atoms with Crippen molar-refractivity contribution in [3.63, 3.8) is 0 Å². The van der Waals surface area contributed by atoms with E-state index in [0.717, 1.165) is 34.8 Å².